The molecule has 0 aromatic carbocycles. The Morgan fingerprint density at radius 2 is 1.94 bits per heavy atom. The number of alkyl halides is 3. The summed E-state index contributed by atoms with van der Waals surface area (Å²) in [5.41, 5.74) is 3.92. The van der Waals surface area contributed by atoms with Crippen LogP contribution in [-0.4, -0.2) is 69.5 Å². The Kier molecular flexibility index (Phi) is 9.26. The van der Waals surface area contributed by atoms with Gasteiger partial charge >= 0.3 is 6.18 Å². The molecule has 2 fully saturated rings. The van der Waals surface area contributed by atoms with Crippen molar-refractivity contribution in [3.05, 3.63) is 48.2 Å². The molecule has 2 aliphatic heterocycles. The molecule has 3 N–H and O–H groups in total. The predicted molar refractivity (Wildman–Crippen MR) is 176 cm³/mol. The summed E-state index contributed by atoms with van der Waals surface area (Å²) in [7, 11) is 0. The number of amides is 2. The number of hydrogen-bond donors (Lipinski definition) is 2. The van der Waals surface area contributed by atoms with E-state index in [2.05, 4.69) is 40.4 Å². The molecule has 3 aromatic heterocycles. The van der Waals surface area contributed by atoms with Gasteiger partial charge in [-0.05, 0) is 82.1 Å². The number of hydrogen-bond acceptors (Lipinski definition) is 9. The topological polar surface area (TPSA) is 132 Å². The Bertz CT molecular complexity index is 1660. The second-order valence-electron chi connectivity index (χ2n) is 13.7. The summed E-state index contributed by atoms with van der Waals surface area (Å²) in [5, 5.41) is 5.02. The summed E-state index contributed by atoms with van der Waals surface area (Å²) < 4.78 is 50.0. The molecule has 48 heavy (non-hydrogen) atoms. The lowest BCUT2D eigenvalue weighted by atomic mass is 9.86. The average molecular weight is 687 g/mol. The first-order chi connectivity index (χ1) is 22.7. The average Bonchev–Trinajstić information content (AvgIpc) is 3.58. The molecule has 258 valence electrons. The van der Waals surface area contributed by atoms with Gasteiger partial charge in [-0.1, -0.05) is 13.0 Å². The fourth-order valence-electron chi connectivity index (χ4n) is 6.66. The standard InChI is InChI=1S/C33H41F3N8O3S/c1-21-9-15-42(16-10-24(37)45)25-5-4-6-28(38-25)48-41-30(46)23-7-8-26(39-29(23)43-20-22(21)19-31(43,2)3)44-17-11-27(40-44)47-18-14-32(12-13-32)33(34,35)36/h4-8,11,17,21-22H,9-10,12-16,18-20H2,1-3H3,(H2,37,45)(H,41,46). The van der Waals surface area contributed by atoms with Crippen molar-refractivity contribution >= 4 is 35.4 Å². The molecule has 1 aliphatic carbocycles. The Morgan fingerprint density at radius 1 is 1.15 bits per heavy atom. The van der Waals surface area contributed by atoms with E-state index in [1.165, 1.54) is 4.68 Å². The highest BCUT2D eigenvalue weighted by molar-refractivity contribution is 7.97. The zero-order valence-corrected chi connectivity index (χ0v) is 28.1. The van der Waals surface area contributed by atoms with Crippen molar-refractivity contribution in [3.63, 3.8) is 0 Å². The highest BCUT2D eigenvalue weighted by Crippen LogP contribution is 2.59. The van der Waals surface area contributed by atoms with Crippen LogP contribution >= 0.6 is 11.9 Å². The maximum atomic E-state index is 13.7. The third-order valence-corrected chi connectivity index (χ3v) is 10.6. The molecule has 11 nitrogen and oxygen atoms in total. The smallest absolute Gasteiger partial charge is 0.394 e. The number of nitrogens with zero attached hydrogens (tertiary/aromatic N) is 6. The monoisotopic (exact) mass is 686 g/mol. The van der Waals surface area contributed by atoms with Gasteiger partial charge in [-0.2, -0.15) is 13.2 Å². The minimum atomic E-state index is -4.23. The van der Waals surface area contributed by atoms with Crippen molar-refractivity contribution in [2.45, 2.75) is 76.0 Å². The third kappa shape index (κ3) is 7.20. The summed E-state index contributed by atoms with van der Waals surface area (Å²) in [6, 6.07) is 10.6. The summed E-state index contributed by atoms with van der Waals surface area (Å²) >= 11 is 1.10. The van der Waals surface area contributed by atoms with Crippen LogP contribution in [-0.2, 0) is 4.79 Å². The van der Waals surface area contributed by atoms with Crippen LogP contribution in [0.25, 0.3) is 5.82 Å². The molecular weight excluding hydrogens is 645 g/mol. The Labute approximate surface area is 281 Å². The molecule has 2 atom stereocenters. The van der Waals surface area contributed by atoms with Crippen molar-refractivity contribution < 1.29 is 27.5 Å². The fourth-order valence-corrected chi connectivity index (χ4v) is 7.25. The predicted octanol–water partition coefficient (Wildman–Crippen LogP) is 5.54. The van der Waals surface area contributed by atoms with Gasteiger partial charge in [-0.25, -0.2) is 14.6 Å². The van der Waals surface area contributed by atoms with Gasteiger partial charge in [0.15, 0.2) is 5.82 Å². The number of pyridine rings is 2. The van der Waals surface area contributed by atoms with Crippen LogP contribution in [0.4, 0.5) is 24.8 Å². The summed E-state index contributed by atoms with van der Waals surface area (Å²) in [4.78, 5) is 39.4. The molecule has 4 bridgehead atoms. The minimum Gasteiger partial charge on any atom is -0.477 e. The minimum absolute atomic E-state index is 0.0891. The molecule has 3 aliphatic rings. The maximum Gasteiger partial charge on any atom is 0.394 e. The van der Waals surface area contributed by atoms with Gasteiger partial charge in [0.1, 0.15) is 16.7 Å². The molecule has 15 heteroatoms. The Morgan fingerprint density at radius 3 is 2.67 bits per heavy atom. The lowest BCUT2D eigenvalue weighted by molar-refractivity contribution is -0.190. The van der Waals surface area contributed by atoms with E-state index in [9.17, 15) is 22.8 Å². The molecule has 2 unspecified atom stereocenters. The first kappa shape index (κ1) is 33.9. The van der Waals surface area contributed by atoms with E-state index in [1.807, 2.05) is 18.2 Å². The largest absolute Gasteiger partial charge is 0.477 e. The van der Waals surface area contributed by atoms with Gasteiger partial charge in [0.2, 0.25) is 11.8 Å². The van der Waals surface area contributed by atoms with Crippen LogP contribution in [0.3, 0.4) is 0 Å². The SMILES string of the molecule is CC1CCN(CCC(N)=O)c2cccc(n2)SNC(=O)c2ccc(-n3ccc(OCCC4(C(F)(F)F)CC4)n3)nc2N2CC1CC2(C)C. The van der Waals surface area contributed by atoms with Crippen molar-refractivity contribution in [3.8, 4) is 11.7 Å². The van der Waals surface area contributed by atoms with Crippen LogP contribution in [0, 0.1) is 17.3 Å². The van der Waals surface area contributed by atoms with Crippen molar-refractivity contribution in [1.82, 2.24) is 24.5 Å². The van der Waals surface area contributed by atoms with E-state index in [-0.39, 0.29) is 55.5 Å². The third-order valence-electron chi connectivity index (χ3n) is 9.92. The lowest BCUT2D eigenvalue weighted by Crippen LogP contribution is -2.40. The van der Waals surface area contributed by atoms with Crippen LogP contribution < -0.4 is 25.0 Å². The van der Waals surface area contributed by atoms with Gasteiger partial charge in [0, 0.05) is 55.8 Å². The normalized spacial score (nSPS) is 21.9. The number of carbonyl (C=O) groups is 2. The number of fused-ring (bicyclic) bond motifs is 6. The van der Waals surface area contributed by atoms with Crippen LogP contribution in [0.2, 0.25) is 0 Å². The number of halogens is 3. The van der Waals surface area contributed by atoms with Gasteiger partial charge in [0.25, 0.3) is 5.91 Å². The van der Waals surface area contributed by atoms with Crippen LogP contribution in [0.5, 0.6) is 5.88 Å². The number of primary amides is 1. The maximum absolute atomic E-state index is 13.7. The quantitative estimate of drug-likeness (QED) is 0.294. The molecular formula is C33H41F3N8O3S. The molecule has 1 saturated carbocycles. The van der Waals surface area contributed by atoms with Crippen molar-refractivity contribution in [2.75, 3.05) is 36.0 Å². The Balaban J connectivity index is 1.27. The number of aromatic nitrogens is 4. The highest BCUT2D eigenvalue weighted by atomic mass is 32.2. The van der Waals surface area contributed by atoms with E-state index in [4.69, 9.17) is 20.4 Å². The number of carbonyl (C=O) groups excluding carboxylic acids is 2. The van der Waals surface area contributed by atoms with Gasteiger partial charge in [-0.15, -0.1) is 5.10 Å². The molecule has 5 heterocycles. The molecule has 0 spiro atoms. The number of ether oxygens (including phenoxy) is 1. The number of rotatable bonds is 8. The molecule has 0 radical (unpaired) electrons. The van der Waals surface area contributed by atoms with Gasteiger partial charge in [-0.3, -0.25) is 14.3 Å². The summed E-state index contributed by atoms with van der Waals surface area (Å²) in [6.45, 7) is 8.26. The molecule has 1 saturated heterocycles. The zero-order valence-electron chi connectivity index (χ0n) is 27.3. The Hall–Kier alpha value is -4.01. The molecule has 6 rings (SSSR count). The van der Waals surface area contributed by atoms with Gasteiger partial charge < -0.3 is 20.3 Å². The summed E-state index contributed by atoms with van der Waals surface area (Å²) in [6.07, 6.45) is -0.483. The van der Waals surface area contributed by atoms with Crippen LogP contribution in [0.15, 0.2) is 47.6 Å². The zero-order chi connectivity index (χ0) is 34.3. The highest BCUT2D eigenvalue weighted by Gasteiger charge is 2.62. The first-order valence-electron chi connectivity index (χ1n) is 16.3. The van der Waals surface area contributed by atoms with E-state index in [1.54, 1.807) is 24.4 Å². The van der Waals surface area contributed by atoms with E-state index >= 15 is 0 Å². The first-order valence-corrected chi connectivity index (χ1v) is 17.1. The lowest BCUT2D eigenvalue weighted by Gasteiger charge is -2.34. The second-order valence-corrected chi connectivity index (χ2v) is 14.6. The van der Waals surface area contributed by atoms with E-state index in [0.29, 0.717) is 59.5 Å². The number of nitrogens with two attached hydrogens (primary N) is 1. The van der Waals surface area contributed by atoms with E-state index < -0.39 is 11.6 Å². The van der Waals surface area contributed by atoms with Crippen LogP contribution in [0.1, 0.15) is 69.7 Å². The van der Waals surface area contributed by atoms with Crippen molar-refractivity contribution in [2.24, 2.45) is 23.0 Å². The second kappa shape index (κ2) is 13.1. The number of anilines is 2. The van der Waals surface area contributed by atoms with Crippen molar-refractivity contribution in [1.29, 1.82) is 0 Å². The number of nitrogens with one attached hydrogen (secondary N) is 1. The van der Waals surface area contributed by atoms with Gasteiger partial charge in [0.05, 0.1) is 17.6 Å². The van der Waals surface area contributed by atoms with E-state index in [0.717, 1.165) is 24.8 Å². The molecule has 3 aromatic rings. The molecule has 2 amide bonds. The fraction of sp³-hybridized carbons (Fsp3) is 0.545. The summed E-state index contributed by atoms with van der Waals surface area (Å²) in [5.74, 6) is 1.79.